The molecule has 316 valence electrons. The maximum Gasteiger partial charge on any atom is 0.407 e. The molecule has 0 bridgehead atoms. The summed E-state index contributed by atoms with van der Waals surface area (Å²) in [5.74, 6) is 2.34. The van der Waals surface area contributed by atoms with Crippen molar-refractivity contribution in [1.29, 1.82) is 0 Å². The number of carbonyl (C=O) groups is 4. The normalized spacial score (nSPS) is 18.4. The number of benzene rings is 3. The SMILES string of the molecule is COC(=O)NC(C(=O)N1CCC[C@H]1c1ncc(-c2cc3c4c(c2)OCc2cc(-c5cnc([C@@H]6CCCN6C(=O)[C@@H](NC(=O)OC)C(C)C)[nH]5)cc(c2-4)OC3)[nH]1)c1ccccc1. The second-order valence-corrected chi connectivity index (χ2v) is 16.2. The van der Waals surface area contributed by atoms with E-state index in [9.17, 15) is 19.2 Å². The average Bonchev–Trinajstić information content (AvgIpc) is 4.13. The van der Waals surface area contributed by atoms with Crippen LogP contribution in [-0.2, 0) is 32.3 Å². The maximum absolute atomic E-state index is 14.0. The predicted molar refractivity (Wildman–Crippen MR) is 222 cm³/mol. The van der Waals surface area contributed by atoms with Crippen molar-refractivity contribution in [2.75, 3.05) is 27.3 Å². The zero-order chi connectivity index (χ0) is 42.4. The van der Waals surface area contributed by atoms with Crippen molar-refractivity contribution >= 4 is 24.0 Å². The molecule has 4 atom stereocenters. The van der Waals surface area contributed by atoms with Crippen molar-refractivity contribution in [2.24, 2.45) is 5.92 Å². The number of alkyl carbamates (subject to hydrolysis) is 2. The third-order valence-electron chi connectivity index (χ3n) is 12.1. The molecule has 0 spiro atoms. The number of ether oxygens (including phenoxy) is 4. The van der Waals surface area contributed by atoms with E-state index in [4.69, 9.17) is 28.9 Å². The van der Waals surface area contributed by atoms with Gasteiger partial charge in [-0.05, 0) is 61.4 Å². The summed E-state index contributed by atoms with van der Waals surface area (Å²) in [5.41, 5.74) is 8.00. The number of hydrogen-bond acceptors (Lipinski definition) is 10. The fourth-order valence-corrected chi connectivity index (χ4v) is 9.08. The van der Waals surface area contributed by atoms with Gasteiger partial charge in [0.15, 0.2) is 0 Å². The van der Waals surface area contributed by atoms with Crippen LogP contribution < -0.4 is 20.1 Å². The van der Waals surface area contributed by atoms with Crippen LogP contribution in [0.4, 0.5) is 9.59 Å². The van der Waals surface area contributed by atoms with Gasteiger partial charge in [-0.2, -0.15) is 0 Å². The highest BCUT2D eigenvalue weighted by Crippen LogP contribution is 2.51. The zero-order valence-electron chi connectivity index (χ0n) is 34.4. The number of imidazole rings is 2. The average molecular weight is 829 g/mol. The second kappa shape index (κ2) is 16.3. The van der Waals surface area contributed by atoms with Gasteiger partial charge in [-0.15, -0.1) is 0 Å². The van der Waals surface area contributed by atoms with Gasteiger partial charge in [-0.3, -0.25) is 9.59 Å². The number of methoxy groups -OCH3 is 2. The standard InChI is InChI=1S/C45H48N8O8/c1-24(2)38(50-44(56)58-3)42(54)52-14-8-12-32(52)40-46-20-30(48-40)26-16-28-22-61-35-19-27(17-29-23-60-34(18-26)36(28)37(29)35)31-21-47-41(49-31)33-13-9-15-53(33)43(55)39(51-45(57)59-4)25-10-6-5-7-11-25/h5-7,10-11,16-21,24,32-33,38-39H,8-9,12-15,22-23H2,1-4H3,(H,46,48)(H,47,49)(H,50,56)(H,51,57)/t32-,33-,38-,39?/m0/s1. The summed E-state index contributed by atoms with van der Waals surface area (Å²) in [5, 5.41) is 5.42. The minimum atomic E-state index is -0.905. The number of amides is 4. The van der Waals surface area contributed by atoms with Crippen LogP contribution in [0.15, 0.2) is 67.0 Å². The van der Waals surface area contributed by atoms with Gasteiger partial charge < -0.3 is 49.3 Å². The summed E-state index contributed by atoms with van der Waals surface area (Å²) < 4.78 is 22.5. The van der Waals surface area contributed by atoms with Crippen molar-refractivity contribution < 1.29 is 38.1 Å². The van der Waals surface area contributed by atoms with E-state index in [1.54, 1.807) is 22.2 Å². The Hall–Kier alpha value is -6.84. The molecule has 0 aliphatic carbocycles. The van der Waals surface area contributed by atoms with Crippen molar-refractivity contribution in [2.45, 2.75) is 76.9 Å². The van der Waals surface area contributed by atoms with Crippen LogP contribution in [0.1, 0.15) is 86.0 Å². The Kier molecular flexibility index (Phi) is 10.6. The highest BCUT2D eigenvalue weighted by atomic mass is 16.5. The summed E-state index contributed by atoms with van der Waals surface area (Å²) in [6.07, 6.45) is 5.34. The van der Waals surface area contributed by atoms with Crippen LogP contribution in [0, 0.1) is 5.92 Å². The summed E-state index contributed by atoms with van der Waals surface area (Å²) >= 11 is 0. The predicted octanol–water partition coefficient (Wildman–Crippen LogP) is 6.72. The van der Waals surface area contributed by atoms with E-state index in [1.807, 2.05) is 56.3 Å². The number of hydrogen-bond donors (Lipinski definition) is 4. The Balaban J connectivity index is 0.941. The molecule has 1 unspecified atom stereocenters. The topological polar surface area (TPSA) is 193 Å². The van der Waals surface area contributed by atoms with Crippen LogP contribution in [0.5, 0.6) is 11.5 Å². The number of carbonyl (C=O) groups excluding carboxylic acids is 4. The lowest BCUT2D eigenvalue weighted by Crippen LogP contribution is -2.51. The molecule has 0 radical (unpaired) electrons. The van der Waals surface area contributed by atoms with Crippen molar-refractivity contribution in [3.63, 3.8) is 0 Å². The molecule has 2 aromatic heterocycles. The summed E-state index contributed by atoms with van der Waals surface area (Å²) in [4.78, 5) is 72.1. The Morgan fingerprint density at radius 1 is 0.721 bits per heavy atom. The van der Waals surface area contributed by atoms with Crippen LogP contribution in [0.3, 0.4) is 0 Å². The number of rotatable bonds is 10. The van der Waals surface area contributed by atoms with Crippen molar-refractivity contribution in [1.82, 2.24) is 40.4 Å². The van der Waals surface area contributed by atoms with Crippen molar-refractivity contribution in [3.8, 4) is 45.1 Å². The molecule has 4 aliphatic rings. The number of nitrogens with one attached hydrogen (secondary N) is 4. The number of likely N-dealkylation sites (tertiary alicyclic amines) is 2. The lowest BCUT2D eigenvalue weighted by molar-refractivity contribution is -0.135. The molecule has 4 N–H and O–H groups in total. The van der Waals surface area contributed by atoms with E-state index in [0.717, 1.165) is 82.0 Å². The molecule has 4 aliphatic heterocycles. The molecule has 5 aromatic rings. The van der Waals surface area contributed by atoms with E-state index in [-0.39, 0.29) is 29.8 Å². The third-order valence-corrected chi connectivity index (χ3v) is 12.1. The first-order valence-electron chi connectivity index (χ1n) is 20.7. The van der Waals surface area contributed by atoms with Gasteiger partial charge >= 0.3 is 12.2 Å². The summed E-state index contributed by atoms with van der Waals surface area (Å²) in [7, 11) is 2.56. The van der Waals surface area contributed by atoms with Gasteiger partial charge in [0.25, 0.3) is 5.91 Å². The Labute approximate surface area is 352 Å². The smallest absolute Gasteiger partial charge is 0.407 e. The van der Waals surface area contributed by atoms with Gasteiger partial charge in [0, 0.05) is 46.5 Å². The van der Waals surface area contributed by atoms with Crippen LogP contribution in [0.25, 0.3) is 33.6 Å². The fraction of sp³-hybridized carbons (Fsp3) is 0.378. The quantitative estimate of drug-likeness (QED) is 0.117. The molecule has 16 heteroatoms. The number of nitrogens with zero attached hydrogens (tertiary/aromatic N) is 4. The van der Waals surface area contributed by atoms with E-state index in [0.29, 0.717) is 43.5 Å². The number of aromatic amines is 2. The van der Waals surface area contributed by atoms with Gasteiger partial charge in [0.2, 0.25) is 5.91 Å². The monoisotopic (exact) mass is 828 g/mol. The van der Waals surface area contributed by atoms with Gasteiger partial charge in [0.1, 0.15) is 48.4 Å². The molecule has 2 saturated heterocycles. The lowest BCUT2D eigenvalue weighted by Gasteiger charge is -2.30. The van der Waals surface area contributed by atoms with Crippen LogP contribution in [-0.4, -0.2) is 87.1 Å². The van der Waals surface area contributed by atoms with E-state index >= 15 is 0 Å². The van der Waals surface area contributed by atoms with Gasteiger partial charge in [-0.1, -0.05) is 44.2 Å². The van der Waals surface area contributed by atoms with Crippen LogP contribution >= 0.6 is 0 Å². The Bertz CT molecular complexity index is 2450. The van der Waals surface area contributed by atoms with E-state index in [2.05, 4.69) is 32.7 Å². The molecular weight excluding hydrogens is 781 g/mol. The first kappa shape index (κ1) is 39.6. The summed E-state index contributed by atoms with van der Waals surface area (Å²) in [6.45, 7) is 5.55. The van der Waals surface area contributed by atoms with Crippen molar-refractivity contribution in [3.05, 3.63) is 95.3 Å². The molecule has 9 rings (SSSR count). The summed E-state index contributed by atoms with van der Waals surface area (Å²) in [6, 6.07) is 15.2. The molecule has 2 fully saturated rings. The lowest BCUT2D eigenvalue weighted by atomic mass is 9.87. The zero-order valence-corrected chi connectivity index (χ0v) is 34.4. The highest BCUT2D eigenvalue weighted by Gasteiger charge is 2.39. The molecule has 0 saturated carbocycles. The van der Waals surface area contributed by atoms with E-state index in [1.165, 1.54) is 14.2 Å². The Morgan fingerprint density at radius 3 is 1.74 bits per heavy atom. The minimum Gasteiger partial charge on any atom is -0.488 e. The molecule has 6 heterocycles. The van der Waals surface area contributed by atoms with E-state index < -0.39 is 24.3 Å². The minimum absolute atomic E-state index is 0.129. The molecule has 4 amide bonds. The first-order valence-corrected chi connectivity index (χ1v) is 20.7. The number of aromatic nitrogens is 4. The molecule has 16 nitrogen and oxygen atoms in total. The molecule has 61 heavy (non-hydrogen) atoms. The molecule has 3 aromatic carbocycles. The van der Waals surface area contributed by atoms with Gasteiger partial charge in [-0.25, -0.2) is 19.6 Å². The molecular formula is C45H48N8O8. The largest absolute Gasteiger partial charge is 0.488 e. The fourth-order valence-electron chi connectivity index (χ4n) is 9.08. The number of H-pyrrole nitrogens is 2. The third kappa shape index (κ3) is 7.40. The van der Waals surface area contributed by atoms with Gasteiger partial charge in [0.05, 0.1) is 50.1 Å². The second-order valence-electron chi connectivity index (χ2n) is 16.2. The maximum atomic E-state index is 14.0. The highest BCUT2D eigenvalue weighted by molar-refractivity contribution is 5.90. The first-order chi connectivity index (χ1) is 29.6. The van der Waals surface area contributed by atoms with Crippen LogP contribution in [0.2, 0.25) is 0 Å². The Morgan fingerprint density at radius 2 is 1.23 bits per heavy atom.